The van der Waals surface area contributed by atoms with Crippen LogP contribution in [-0.2, 0) is 9.53 Å². The van der Waals surface area contributed by atoms with Gasteiger partial charge in [-0.25, -0.2) is 4.79 Å². The number of carbonyl (C=O) groups excluding carboxylic acids is 1. The molecule has 1 aromatic heterocycles. The van der Waals surface area contributed by atoms with Crippen LogP contribution in [0.1, 0.15) is 18.6 Å². The van der Waals surface area contributed by atoms with Crippen molar-refractivity contribution >= 4 is 11.5 Å². The van der Waals surface area contributed by atoms with Gasteiger partial charge < -0.3 is 14.1 Å². The summed E-state index contributed by atoms with van der Waals surface area (Å²) in [5.74, 6) is 0.620. The molecule has 2 aliphatic rings. The summed E-state index contributed by atoms with van der Waals surface area (Å²) in [5, 5.41) is 0. The van der Waals surface area contributed by atoms with Crippen molar-refractivity contribution in [3.8, 4) is 0 Å². The van der Waals surface area contributed by atoms with Crippen LogP contribution in [0.4, 0.5) is 0 Å². The van der Waals surface area contributed by atoms with Crippen LogP contribution < -0.4 is 0 Å². The Bertz CT molecular complexity index is 552. The van der Waals surface area contributed by atoms with Gasteiger partial charge in [0.05, 0.1) is 24.6 Å². The van der Waals surface area contributed by atoms with E-state index in [0.29, 0.717) is 6.42 Å². The van der Waals surface area contributed by atoms with Crippen LogP contribution in [0.2, 0.25) is 0 Å². The van der Waals surface area contributed by atoms with Gasteiger partial charge >= 0.3 is 5.97 Å². The van der Waals surface area contributed by atoms with Crippen LogP contribution in [0.15, 0.2) is 39.7 Å². The third-order valence-electron chi connectivity index (χ3n) is 3.62. The topological polar surface area (TPSA) is 42.7 Å². The Labute approximate surface area is 106 Å². The molecule has 18 heavy (non-hydrogen) atoms. The number of furan rings is 1. The molecule has 0 aromatic carbocycles. The molecule has 1 aliphatic carbocycles. The monoisotopic (exact) mass is 245 g/mol. The highest BCUT2D eigenvalue weighted by Crippen LogP contribution is 2.44. The maximum atomic E-state index is 11.9. The molecule has 0 unspecified atom stereocenters. The average molecular weight is 245 g/mol. The van der Waals surface area contributed by atoms with Crippen molar-refractivity contribution in [2.24, 2.45) is 0 Å². The second-order valence-corrected chi connectivity index (χ2v) is 4.60. The van der Waals surface area contributed by atoms with E-state index in [1.165, 1.54) is 12.7 Å². The molecular formula is C14H15NO3. The molecule has 1 fully saturated rings. The first-order chi connectivity index (χ1) is 8.72. The van der Waals surface area contributed by atoms with Gasteiger partial charge in [-0.05, 0) is 24.1 Å². The van der Waals surface area contributed by atoms with E-state index >= 15 is 0 Å². The van der Waals surface area contributed by atoms with E-state index in [1.807, 2.05) is 19.2 Å². The van der Waals surface area contributed by atoms with Crippen molar-refractivity contribution in [3.05, 3.63) is 41.0 Å². The minimum absolute atomic E-state index is 0.238. The zero-order valence-corrected chi connectivity index (χ0v) is 10.5. The Morgan fingerprint density at radius 1 is 1.44 bits per heavy atom. The zero-order valence-electron chi connectivity index (χ0n) is 10.5. The molecule has 2 heterocycles. The van der Waals surface area contributed by atoms with Gasteiger partial charge in [-0.3, -0.25) is 0 Å². The van der Waals surface area contributed by atoms with Crippen molar-refractivity contribution in [3.63, 3.8) is 0 Å². The summed E-state index contributed by atoms with van der Waals surface area (Å²) in [5.41, 5.74) is 4.14. The van der Waals surface area contributed by atoms with Gasteiger partial charge in [0.15, 0.2) is 0 Å². The maximum Gasteiger partial charge on any atom is 0.336 e. The molecule has 0 saturated carbocycles. The molecule has 4 nitrogen and oxygen atoms in total. The number of likely N-dealkylation sites (tertiary alicyclic amines) is 1. The lowest BCUT2D eigenvalue weighted by molar-refractivity contribution is -0.136. The van der Waals surface area contributed by atoms with Crippen molar-refractivity contribution in [2.45, 2.75) is 12.8 Å². The second kappa shape index (κ2) is 4.05. The third kappa shape index (κ3) is 1.49. The number of methoxy groups -OCH3 is 1. The van der Waals surface area contributed by atoms with Crippen LogP contribution in [0, 0.1) is 0 Å². The van der Waals surface area contributed by atoms with Gasteiger partial charge in [0.2, 0.25) is 0 Å². The first-order valence-electron chi connectivity index (χ1n) is 6.01. The van der Waals surface area contributed by atoms with Crippen molar-refractivity contribution in [2.75, 3.05) is 20.7 Å². The van der Waals surface area contributed by atoms with Crippen molar-refractivity contribution in [1.82, 2.24) is 4.90 Å². The molecule has 1 saturated heterocycles. The van der Waals surface area contributed by atoms with Crippen LogP contribution in [0.3, 0.4) is 0 Å². The fourth-order valence-electron chi connectivity index (χ4n) is 2.79. The number of hydrogen-bond donors (Lipinski definition) is 0. The Morgan fingerprint density at radius 2 is 2.28 bits per heavy atom. The van der Waals surface area contributed by atoms with Crippen LogP contribution in [0.5, 0.6) is 0 Å². The molecule has 94 valence electrons. The number of ether oxygens (including phenoxy) is 1. The van der Waals surface area contributed by atoms with E-state index in [1.54, 1.807) is 6.26 Å². The van der Waals surface area contributed by atoms with Gasteiger partial charge in [-0.15, -0.1) is 0 Å². The standard InChI is InChI=1S/C14H15NO3/c1-15-6-5-9-10(12-4-3-7-18-12)8-11(13(9)15)14(16)17-2/h3-4,7H,5-6,8H2,1-2H3. The van der Waals surface area contributed by atoms with E-state index in [0.717, 1.165) is 35.6 Å². The lowest BCUT2D eigenvalue weighted by atomic mass is 10.1. The van der Waals surface area contributed by atoms with Gasteiger partial charge in [0.25, 0.3) is 0 Å². The number of rotatable bonds is 2. The number of nitrogens with zero attached hydrogens (tertiary/aromatic N) is 1. The molecule has 0 spiro atoms. The first-order valence-corrected chi connectivity index (χ1v) is 6.01. The Morgan fingerprint density at radius 3 is 2.94 bits per heavy atom. The SMILES string of the molecule is COC(=O)C1=C2C(=C(c3ccco3)C1)CCN2C. The number of likely N-dealkylation sites (N-methyl/N-ethyl adjacent to an activating group) is 1. The molecule has 0 atom stereocenters. The molecule has 3 rings (SSSR count). The van der Waals surface area contributed by atoms with E-state index in [2.05, 4.69) is 4.90 Å². The number of esters is 1. The number of allylic oxidation sites excluding steroid dienone is 2. The Hall–Kier alpha value is -1.97. The number of carbonyl (C=O) groups is 1. The zero-order chi connectivity index (χ0) is 12.7. The average Bonchev–Trinajstić information content (AvgIpc) is 3.06. The normalized spacial score (nSPS) is 18.7. The molecule has 1 aromatic rings. The lowest BCUT2D eigenvalue weighted by Gasteiger charge is -2.13. The minimum atomic E-state index is -0.238. The highest BCUT2D eigenvalue weighted by atomic mass is 16.5. The van der Waals surface area contributed by atoms with Crippen LogP contribution in [0.25, 0.3) is 5.57 Å². The van der Waals surface area contributed by atoms with E-state index in [9.17, 15) is 4.79 Å². The van der Waals surface area contributed by atoms with Crippen LogP contribution in [-0.4, -0.2) is 31.6 Å². The Balaban J connectivity index is 2.06. The summed E-state index contributed by atoms with van der Waals surface area (Å²) in [6.07, 6.45) is 3.23. The summed E-state index contributed by atoms with van der Waals surface area (Å²) >= 11 is 0. The largest absolute Gasteiger partial charge is 0.466 e. The smallest absolute Gasteiger partial charge is 0.336 e. The molecule has 0 bridgehead atoms. The fourth-order valence-corrected chi connectivity index (χ4v) is 2.79. The molecule has 0 amide bonds. The predicted molar refractivity (Wildman–Crippen MR) is 66.5 cm³/mol. The second-order valence-electron chi connectivity index (χ2n) is 4.60. The van der Waals surface area contributed by atoms with E-state index in [4.69, 9.17) is 9.15 Å². The third-order valence-corrected chi connectivity index (χ3v) is 3.62. The molecular weight excluding hydrogens is 230 g/mol. The summed E-state index contributed by atoms with van der Waals surface area (Å²) in [6.45, 7) is 0.940. The fraction of sp³-hybridized carbons (Fsp3) is 0.357. The highest BCUT2D eigenvalue weighted by molar-refractivity contribution is 5.97. The summed E-state index contributed by atoms with van der Waals surface area (Å²) < 4.78 is 10.3. The van der Waals surface area contributed by atoms with Gasteiger partial charge in [-0.1, -0.05) is 0 Å². The van der Waals surface area contributed by atoms with E-state index in [-0.39, 0.29) is 5.97 Å². The lowest BCUT2D eigenvalue weighted by Crippen LogP contribution is -2.15. The van der Waals surface area contributed by atoms with E-state index < -0.39 is 0 Å². The first kappa shape index (κ1) is 11.1. The quantitative estimate of drug-likeness (QED) is 0.749. The summed E-state index contributed by atoms with van der Waals surface area (Å²) in [6, 6.07) is 3.82. The van der Waals surface area contributed by atoms with Crippen molar-refractivity contribution in [1.29, 1.82) is 0 Å². The summed E-state index contributed by atoms with van der Waals surface area (Å²) in [7, 11) is 3.44. The molecule has 0 N–H and O–H groups in total. The van der Waals surface area contributed by atoms with Gasteiger partial charge in [0.1, 0.15) is 5.76 Å². The van der Waals surface area contributed by atoms with Crippen molar-refractivity contribution < 1.29 is 13.9 Å². The number of hydrogen-bond acceptors (Lipinski definition) is 4. The summed E-state index contributed by atoms with van der Waals surface area (Å²) in [4.78, 5) is 14.0. The minimum Gasteiger partial charge on any atom is -0.466 e. The van der Waals surface area contributed by atoms with Gasteiger partial charge in [-0.2, -0.15) is 0 Å². The molecule has 0 radical (unpaired) electrons. The van der Waals surface area contributed by atoms with Gasteiger partial charge in [0, 0.05) is 25.6 Å². The van der Waals surface area contributed by atoms with Crippen LogP contribution >= 0.6 is 0 Å². The number of fused-ring (bicyclic) bond motifs is 1. The molecule has 4 heteroatoms. The maximum absolute atomic E-state index is 11.9. The predicted octanol–water partition coefficient (Wildman–Crippen LogP) is 2.20. The molecule has 1 aliphatic heterocycles. The Kier molecular flexibility index (Phi) is 2.51. The highest BCUT2D eigenvalue weighted by Gasteiger charge is 2.36.